The summed E-state index contributed by atoms with van der Waals surface area (Å²) in [6.07, 6.45) is 0. The molecule has 2 aromatic carbocycles. The van der Waals surface area contributed by atoms with Crippen LogP contribution in [0.2, 0.25) is 0 Å². The van der Waals surface area contributed by atoms with E-state index < -0.39 is 11.9 Å². The molecular weight excluding hydrogens is 307 g/mol. The van der Waals surface area contributed by atoms with Crippen LogP contribution in [-0.2, 0) is 0 Å². The van der Waals surface area contributed by atoms with E-state index in [0.29, 0.717) is 34.5 Å². The molecule has 0 saturated heterocycles. The molecule has 2 aromatic rings. The molecule has 1 aliphatic heterocycles. The van der Waals surface area contributed by atoms with Crippen LogP contribution in [0.5, 0.6) is 0 Å². The number of nitrogens with one attached hydrogen (secondary N) is 1. The highest BCUT2D eigenvalue weighted by Gasteiger charge is 2.44. The zero-order chi connectivity index (χ0) is 16.8. The number of likely N-dealkylation sites (N-methyl/N-ethyl adjacent to an activating group) is 1. The van der Waals surface area contributed by atoms with Gasteiger partial charge in [0.15, 0.2) is 5.78 Å². The Kier molecular flexibility index (Phi) is 3.23. The van der Waals surface area contributed by atoms with Crippen molar-refractivity contribution in [1.82, 2.24) is 10.2 Å². The molecule has 2 amide bonds. The van der Waals surface area contributed by atoms with E-state index in [-0.39, 0.29) is 11.8 Å². The van der Waals surface area contributed by atoms with Gasteiger partial charge in [0.1, 0.15) is 5.82 Å². The fourth-order valence-electron chi connectivity index (χ4n) is 3.50. The number of nitrogens with zero attached hydrogens (tertiary/aromatic N) is 1. The van der Waals surface area contributed by atoms with Gasteiger partial charge in [0, 0.05) is 23.2 Å². The van der Waals surface area contributed by atoms with Gasteiger partial charge in [-0.05, 0) is 13.0 Å². The average Bonchev–Trinajstić information content (AvgIpc) is 2.87. The fraction of sp³-hybridized carbons (Fsp3) is 0.158. The number of urea groups is 1. The molecule has 4 nitrogen and oxygen atoms in total. The van der Waals surface area contributed by atoms with Gasteiger partial charge in [-0.15, -0.1) is 0 Å². The molecule has 0 spiro atoms. The highest BCUT2D eigenvalue weighted by atomic mass is 19.1. The Hall–Kier alpha value is -2.95. The largest absolute Gasteiger partial charge is 0.322 e. The number of benzene rings is 2. The predicted molar refractivity (Wildman–Crippen MR) is 87.7 cm³/mol. The van der Waals surface area contributed by atoms with E-state index in [2.05, 4.69) is 5.32 Å². The topological polar surface area (TPSA) is 49.4 Å². The van der Waals surface area contributed by atoms with Crippen molar-refractivity contribution in [3.63, 3.8) is 0 Å². The molecule has 0 saturated carbocycles. The van der Waals surface area contributed by atoms with Gasteiger partial charge in [-0.3, -0.25) is 4.79 Å². The summed E-state index contributed by atoms with van der Waals surface area (Å²) in [7, 11) is 0. The smallest absolute Gasteiger partial charge is 0.313 e. The molecule has 0 bridgehead atoms. The maximum absolute atomic E-state index is 14.4. The fourth-order valence-corrected chi connectivity index (χ4v) is 3.50. The Morgan fingerprint density at radius 1 is 1.04 bits per heavy atom. The van der Waals surface area contributed by atoms with E-state index in [1.54, 1.807) is 36.4 Å². The second-order valence-electron chi connectivity index (χ2n) is 5.80. The molecule has 0 unspecified atom stereocenters. The summed E-state index contributed by atoms with van der Waals surface area (Å²) in [5.41, 5.74) is 2.51. The number of amides is 2. The molecule has 120 valence electrons. The van der Waals surface area contributed by atoms with Gasteiger partial charge in [-0.1, -0.05) is 42.5 Å². The summed E-state index contributed by atoms with van der Waals surface area (Å²) in [5.74, 6) is -0.585. The number of carbonyl (C=O) groups excluding carboxylic acids is 2. The number of Topliss-reactive ketones (excluding diaryl/α,β-unsaturated/α-hetero) is 1. The quantitative estimate of drug-likeness (QED) is 0.920. The van der Waals surface area contributed by atoms with E-state index in [1.807, 2.05) is 13.0 Å². The number of ketones is 1. The molecule has 0 aromatic heterocycles. The third-order valence-corrected chi connectivity index (χ3v) is 4.57. The molecule has 1 heterocycles. The first-order valence-corrected chi connectivity index (χ1v) is 7.83. The van der Waals surface area contributed by atoms with Gasteiger partial charge >= 0.3 is 6.03 Å². The van der Waals surface area contributed by atoms with Crippen LogP contribution >= 0.6 is 0 Å². The second kappa shape index (κ2) is 5.30. The first kappa shape index (κ1) is 14.6. The van der Waals surface area contributed by atoms with Crippen molar-refractivity contribution in [2.45, 2.75) is 13.0 Å². The summed E-state index contributed by atoms with van der Waals surface area (Å²) < 4.78 is 14.4. The molecule has 4 rings (SSSR count). The van der Waals surface area contributed by atoms with Crippen LogP contribution in [0.3, 0.4) is 0 Å². The SMILES string of the molecule is CCN1C(=O)NC2=C(C(=O)c3ccccc32)[C@@H]1c1ccccc1F. The van der Waals surface area contributed by atoms with Crippen molar-refractivity contribution in [3.05, 3.63) is 76.6 Å². The summed E-state index contributed by atoms with van der Waals surface area (Å²) in [5, 5.41) is 2.81. The Balaban J connectivity index is 1.97. The number of hydrogen-bond acceptors (Lipinski definition) is 2. The average molecular weight is 322 g/mol. The van der Waals surface area contributed by atoms with Crippen molar-refractivity contribution >= 4 is 17.5 Å². The lowest BCUT2D eigenvalue weighted by atomic mass is 9.92. The molecule has 0 fully saturated rings. The zero-order valence-corrected chi connectivity index (χ0v) is 13.0. The number of hydrogen-bond donors (Lipinski definition) is 1. The Morgan fingerprint density at radius 2 is 1.71 bits per heavy atom. The van der Waals surface area contributed by atoms with Gasteiger partial charge < -0.3 is 10.2 Å². The minimum atomic E-state index is -0.722. The van der Waals surface area contributed by atoms with Crippen molar-refractivity contribution in [1.29, 1.82) is 0 Å². The summed E-state index contributed by atoms with van der Waals surface area (Å²) in [6, 6.07) is 12.4. The Bertz CT molecular complexity index is 904. The van der Waals surface area contributed by atoms with Crippen LogP contribution in [0, 0.1) is 5.82 Å². The Morgan fingerprint density at radius 3 is 2.42 bits per heavy atom. The number of rotatable bonds is 2. The normalized spacial score (nSPS) is 19.2. The van der Waals surface area contributed by atoms with Crippen molar-refractivity contribution in [3.8, 4) is 0 Å². The maximum Gasteiger partial charge on any atom is 0.322 e. The van der Waals surface area contributed by atoms with Crippen LogP contribution < -0.4 is 5.32 Å². The molecule has 1 N–H and O–H groups in total. The van der Waals surface area contributed by atoms with Crippen LogP contribution in [0.1, 0.15) is 34.5 Å². The zero-order valence-electron chi connectivity index (χ0n) is 13.0. The first-order valence-electron chi connectivity index (χ1n) is 7.83. The predicted octanol–water partition coefficient (Wildman–Crippen LogP) is 3.52. The van der Waals surface area contributed by atoms with E-state index in [0.717, 1.165) is 0 Å². The van der Waals surface area contributed by atoms with E-state index in [1.165, 1.54) is 11.0 Å². The third-order valence-electron chi connectivity index (χ3n) is 4.57. The standard InChI is InChI=1S/C19H15FN2O2/c1-2-22-17(13-9-5-6-10-14(13)20)15-16(21-19(22)24)11-7-3-4-8-12(11)18(15)23/h3-10,17H,2H2,1H3,(H,21,24)/t17-/m0/s1. The van der Waals surface area contributed by atoms with Gasteiger partial charge in [-0.2, -0.15) is 0 Å². The molecule has 2 aliphatic rings. The molecule has 1 aliphatic carbocycles. The summed E-state index contributed by atoms with van der Waals surface area (Å²) >= 11 is 0. The first-order chi connectivity index (χ1) is 11.6. The van der Waals surface area contributed by atoms with Gasteiger partial charge in [-0.25, -0.2) is 9.18 Å². The van der Waals surface area contributed by atoms with Crippen molar-refractivity contribution in [2.75, 3.05) is 6.54 Å². The van der Waals surface area contributed by atoms with E-state index >= 15 is 0 Å². The summed E-state index contributed by atoms with van der Waals surface area (Å²) in [6.45, 7) is 2.18. The lowest BCUT2D eigenvalue weighted by Gasteiger charge is -2.36. The summed E-state index contributed by atoms with van der Waals surface area (Å²) in [4.78, 5) is 26.9. The lowest BCUT2D eigenvalue weighted by molar-refractivity contribution is 0.101. The highest BCUT2D eigenvalue weighted by molar-refractivity contribution is 6.23. The minimum absolute atomic E-state index is 0.160. The highest BCUT2D eigenvalue weighted by Crippen LogP contribution is 2.43. The second-order valence-corrected chi connectivity index (χ2v) is 5.80. The van der Waals surface area contributed by atoms with Crippen molar-refractivity contribution < 1.29 is 14.0 Å². The number of fused-ring (bicyclic) bond motifs is 2. The van der Waals surface area contributed by atoms with E-state index in [4.69, 9.17) is 0 Å². The molecule has 0 radical (unpaired) electrons. The molecule has 24 heavy (non-hydrogen) atoms. The molecule has 5 heteroatoms. The minimum Gasteiger partial charge on any atom is -0.313 e. The third kappa shape index (κ3) is 1.91. The van der Waals surface area contributed by atoms with Crippen LogP contribution in [-0.4, -0.2) is 23.3 Å². The van der Waals surface area contributed by atoms with Crippen LogP contribution in [0.25, 0.3) is 5.70 Å². The van der Waals surface area contributed by atoms with Gasteiger partial charge in [0.25, 0.3) is 0 Å². The monoisotopic (exact) mass is 322 g/mol. The lowest BCUT2D eigenvalue weighted by Crippen LogP contribution is -2.47. The van der Waals surface area contributed by atoms with Gasteiger partial charge in [0.2, 0.25) is 0 Å². The van der Waals surface area contributed by atoms with Crippen LogP contribution in [0.15, 0.2) is 54.1 Å². The number of halogens is 1. The Labute approximate surface area is 138 Å². The molecule has 1 atom stereocenters. The number of carbonyl (C=O) groups is 2. The van der Waals surface area contributed by atoms with Crippen LogP contribution in [0.4, 0.5) is 9.18 Å². The van der Waals surface area contributed by atoms with E-state index in [9.17, 15) is 14.0 Å². The molecular formula is C19H15FN2O2. The van der Waals surface area contributed by atoms with Crippen molar-refractivity contribution in [2.24, 2.45) is 0 Å². The maximum atomic E-state index is 14.4. The van der Waals surface area contributed by atoms with Gasteiger partial charge in [0.05, 0.1) is 17.3 Å².